The first-order valence-corrected chi connectivity index (χ1v) is 15.0. The van der Waals surface area contributed by atoms with Crippen LogP contribution in [0.2, 0.25) is 0 Å². The van der Waals surface area contributed by atoms with Gasteiger partial charge in [-0.2, -0.15) is 5.10 Å². The third-order valence-electron chi connectivity index (χ3n) is 6.80. The van der Waals surface area contributed by atoms with E-state index in [0.29, 0.717) is 6.61 Å². The number of ether oxygens (including phenoxy) is 2. The van der Waals surface area contributed by atoms with Gasteiger partial charge in [0.25, 0.3) is 0 Å². The summed E-state index contributed by atoms with van der Waals surface area (Å²) in [5.74, 6) is 3.23. The van der Waals surface area contributed by atoms with Crippen LogP contribution in [0.4, 0.5) is 11.4 Å². The molecule has 0 saturated heterocycles. The van der Waals surface area contributed by atoms with Crippen molar-refractivity contribution in [1.29, 1.82) is 0 Å². The molecule has 3 rings (SSSR count). The number of rotatable bonds is 13. The number of allylic oxidation sites excluding steroid dienone is 4. The minimum atomic E-state index is 0.618. The highest BCUT2D eigenvalue weighted by atomic mass is 16.5. The molecule has 2 aromatic rings. The van der Waals surface area contributed by atoms with Gasteiger partial charge in [0.1, 0.15) is 23.1 Å². The van der Waals surface area contributed by atoms with Gasteiger partial charge in [0.15, 0.2) is 0 Å². The summed E-state index contributed by atoms with van der Waals surface area (Å²) in [6.07, 6.45) is 16.7. The van der Waals surface area contributed by atoms with Crippen molar-refractivity contribution >= 4 is 23.4 Å². The van der Waals surface area contributed by atoms with E-state index in [2.05, 4.69) is 74.3 Å². The maximum Gasteiger partial charge on any atom is 0.142 e. The van der Waals surface area contributed by atoms with Crippen molar-refractivity contribution in [2.24, 2.45) is 10.1 Å². The molecule has 1 aliphatic rings. The molecule has 0 aliphatic carbocycles. The van der Waals surface area contributed by atoms with Crippen LogP contribution in [0.3, 0.4) is 0 Å². The fourth-order valence-corrected chi connectivity index (χ4v) is 4.52. The van der Waals surface area contributed by atoms with Crippen molar-refractivity contribution in [1.82, 2.24) is 5.01 Å². The molecule has 0 fully saturated rings. The number of anilines is 2. The Bertz CT molecular complexity index is 1380. The van der Waals surface area contributed by atoms with Crippen molar-refractivity contribution in [2.45, 2.75) is 67.7 Å². The Labute approximate surface area is 252 Å². The van der Waals surface area contributed by atoms with Gasteiger partial charge in [-0.05, 0) is 95.0 Å². The summed E-state index contributed by atoms with van der Waals surface area (Å²) in [6, 6.07) is 10.4. The molecule has 0 radical (unpaired) electrons. The first-order chi connectivity index (χ1) is 20.3. The summed E-state index contributed by atoms with van der Waals surface area (Å²) < 4.78 is 12.3. The van der Waals surface area contributed by atoms with E-state index in [1.54, 1.807) is 6.21 Å². The lowest BCUT2D eigenvalue weighted by Gasteiger charge is -2.24. The largest absolute Gasteiger partial charge is 0.492 e. The minimum Gasteiger partial charge on any atom is -0.492 e. The highest BCUT2D eigenvalue weighted by molar-refractivity contribution is 6.10. The van der Waals surface area contributed by atoms with E-state index in [4.69, 9.17) is 14.5 Å². The Morgan fingerprint density at radius 3 is 2.52 bits per heavy atom. The second-order valence-electron chi connectivity index (χ2n) is 10.1. The molecule has 7 heteroatoms. The SMILES string of the molecule is C/C=N\N1C=CC(Oc2ccc(N/C(=N/C=C/CC)c3cc(N(C)CCCC)c(OCC)cc3C)cc2C)=C/C1=C\C. The van der Waals surface area contributed by atoms with Crippen LogP contribution in [0.1, 0.15) is 70.6 Å². The molecule has 7 nitrogen and oxygen atoms in total. The molecule has 224 valence electrons. The van der Waals surface area contributed by atoms with Crippen molar-refractivity contribution in [3.05, 3.63) is 95.2 Å². The van der Waals surface area contributed by atoms with E-state index < -0.39 is 0 Å². The fourth-order valence-electron chi connectivity index (χ4n) is 4.52. The van der Waals surface area contributed by atoms with Crippen LogP contribution in [0.15, 0.2) is 88.6 Å². The summed E-state index contributed by atoms with van der Waals surface area (Å²) in [6.45, 7) is 16.0. The van der Waals surface area contributed by atoms with Crippen LogP contribution in [0.5, 0.6) is 11.5 Å². The zero-order valence-electron chi connectivity index (χ0n) is 26.6. The van der Waals surface area contributed by atoms with Crippen LogP contribution in [0.25, 0.3) is 0 Å². The van der Waals surface area contributed by atoms with E-state index in [9.17, 15) is 0 Å². The van der Waals surface area contributed by atoms with Gasteiger partial charge in [0.05, 0.1) is 18.0 Å². The molecular weight excluding hydrogens is 522 g/mol. The van der Waals surface area contributed by atoms with Gasteiger partial charge in [0, 0.05) is 49.5 Å². The van der Waals surface area contributed by atoms with Gasteiger partial charge in [-0.3, -0.25) is 0 Å². The van der Waals surface area contributed by atoms with Crippen molar-refractivity contribution in [3.63, 3.8) is 0 Å². The number of nitrogens with zero attached hydrogens (tertiary/aromatic N) is 4. The molecular formula is C35H47N5O2. The number of unbranched alkanes of at least 4 members (excludes halogenated alkanes) is 1. The standard InChI is InChI=1S/C35H47N5O2/c1-9-14-19-36-35(31-25-32(39(8)20-15-10-2)34(41-13-5)23-26(31)6)38-28-16-17-33(27(7)22-28)42-30-18-21-40(37-12-4)29(11-3)24-30/h11-12,14,16-19,21-25H,9-10,13,15,20H2,1-8H3,(H,36,38)/b19-14+,29-11+,37-12-. The zero-order valence-corrected chi connectivity index (χ0v) is 26.6. The molecule has 0 atom stereocenters. The lowest BCUT2D eigenvalue weighted by Crippen LogP contribution is -2.21. The number of benzene rings is 2. The molecule has 0 spiro atoms. The monoisotopic (exact) mass is 569 g/mol. The van der Waals surface area contributed by atoms with Gasteiger partial charge in [-0.25, -0.2) is 10.0 Å². The molecule has 42 heavy (non-hydrogen) atoms. The summed E-state index contributed by atoms with van der Waals surface area (Å²) in [5.41, 5.74) is 6.09. The summed E-state index contributed by atoms with van der Waals surface area (Å²) >= 11 is 0. The average Bonchev–Trinajstić information content (AvgIpc) is 2.98. The highest BCUT2D eigenvalue weighted by Gasteiger charge is 2.17. The van der Waals surface area contributed by atoms with E-state index in [-0.39, 0.29) is 0 Å². The van der Waals surface area contributed by atoms with Crippen molar-refractivity contribution in [3.8, 4) is 11.5 Å². The third kappa shape index (κ3) is 8.62. The topological polar surface area (TPSA) is 61.7 Å². The number of amidine groups is 1. The summed E-state index contributed by atoms with van der Waals surface area (Å²) in [5, 5.41) is 9.76. The highest BCUT2D eigenvalue weighted by Crippen LogP contribution is 2.33. The molecule has 0 saturated carbocycles. The van der Waals surface area contributed by atoms with E-state index in [0.717, 1.165) is 82.7 Å². The first-order valence-electron chi connectivity index (χ1n) is 15.0. The molecule has 0 amide bonds. The zero-order chi connectivity index (χ0) is 30.5. The number of hydrazone groups is 1. The molecule has 1 heterocycles. The normalized spacial score (nSPS) is 14.7. The van der Waals surface area contributed by atoms with Crippen LogP contribution >= 0.6 is 0 Å². The quantitative estimate of drug-likeness (QED) is 0.193. The van der Waals surface area contributed by atoms with E-state index >= 15 is 0 Å². The Hall–Kier alpha value is -4.26. The lowest BCUT2D eigenvalue weighted by atomic mass is 10.0. The number of nitrogens with one attached hydrogen (secondary N) is 1. The maximum absolute atomic E-state index is 6.26. The van der Waals surface area contributed by atoms with E-state index in [1.165, 1.54) is 0 Å². The predicted octanol–water partition coefficient (Wildman–Crippen LogP) is 8.72. The summed E-state index contributed by atoms with van der Waals surface area (Å²) in [4.78, 5) is 7.13. The Morgan fingerprint density at radius 1 is 1.05 bits per heavy atom. The molecule has 2 aromatic carbocycles. The van der Waals surface area contributed by atoms with Gasteiger partial charge in [-0.15, -0.1) is 0 Å². The van der Waals surface area contributed by atoms with Gasteiger partial charge < -0.3 is 19.7 Å². The Kier molecular flexibility index (Phi) is 12.5. The molecule has 1 aliphatic heterocycles. The number of aliphatic imine (C=N–C) groups is 1. The number of aryl methyl sites for hydroxylation is 2. The second kappa shape index (κ2) is 16.2. The van der Waals surface area contributed by atoms with Gasteiger partial charge in [0.2, 0.25) is 0 Å². The van der Waals surface area contributed by atoms with Crippen LogP contribution in [-0.2, 0) is 0 Å². The minimum absolute atomic E-state index is 0.618. The molecule has 1 N–H and O–H groups in total. The van der Waals surface area contributed by atoms with Crippen LogP contribution < -0.4 is 19.7 Å². The Balaban J connectivity index is 1.92. The first kappa shape index (κ1) is 32.3. The van der Waals surface area contributed by atoms with E-state index in [1.807, 2.05) is 68.5 Å². The van der Waals surface area contributed by atoms with Crippen LogP contribution in [-0.4, -0.2) is 37.3 Å². The molecule has 0 aromatic heterocycles. The second-order valence-corrected chi connectivity index (χ2v) is 10.1. The fraction of sp³-hybridized carbons (Fsp3) is 0.371. The third-order valence-corrected chi connectivity index (χ3v) is 6.80. The van der Waals surface area contributed by atoms with Crippen molar-refractivity contribution in [2.75, 3.05) is 30.4 Å². The number of hydrogen-bond donors (Lipinski definition) is 1. The smallest absolute Gasteiger partial charge is 0.142 e. The van der Waals surface area contributed by atoms with Crippen LogP contribution in [0, 0.1) is 13.8 Å². The number of hydrogen-bond acceptors (Lipinski definition) is 6. The predicted molar refractivity (Wildman–Crippen MR) is 179 cm³/mol. The van der Waals surface area contributed by atoms with Crippen molar-refractivity contribution < 1.29 is 9.47 Å². The lowest BCUT2D eigenvalue weighted by molar-refractivity contribution is 0.340. The van der Waals surface area contributed by atoms with Gasteiger partial charge in [-0.1, -0.05) is 32.4 Å². The maximum atomic E-state index is 6.26. The van der Waals surface area contributed by atoms with Gasteiger partial charge >= 0.3 is 0 Å². The molecule has 0 unspecified atom stereocenters. The molecule has 0 bridgehead atoms. The summed E-state index contributed by atoms with van der Waals surface area (Å²) in [7, 11) is 2.13. The Morgan fingerprint density at radius 2 is 1.86 bits per heavy atom. The average molecular weight is 570 g/mol.